The summed E-state index contributed by atoms with van der Waals surface area (Å²) in [6, 6.07) is 7.61. The highest BCUT2D eigenvalue weighted by Gasteiger charge is 2.25. The number of amides is 1. The third-order valence-corrected chi connectivity index (χ3v) is 6.07. The summed E-state index contributed by atoms with van der Waals surface area (Å²) in [5, 5.41) is 13.9. The van der Waals surface area contributed by atoms with Crippen LogP contribution in [0, 0.1) is 18.8 Å². The van der Waals surface area contributed by atoms with Crippen LogP contribution >= 0.6 is 0 Å². The van der Waals surface area contributed by atoms with Gasteiger partial charge in [0.2, 0.25) is 0 Å². The lowest BCUT2D eigenvalue weighted by Crippen LogP contribution is -2.31. The van der Waals surface area contributed by atoms with E-state index in [9.17, 15) is 9.90 Å². The first kappa shape index (κ1) is 25.9. The zero-order valence-corrected chi connectivity index (χ0v) is 20.7. The molecule has 1 aliphatic rings. The minimum atomic E-state index is -1.08. The molecule has 0 saturated carbocycles. The van der Waals surface area contributed by atoms with E-state index in [4.69, 9.17) is 4.74 Å². The summed E-state index contributed by atoms with van der Waals surface area (Å²) in [4.78, 5) is 12.6. The van der Waals surface area contributed by atoms with E-state index in [1.165, 1.54) is 5.57 Å². The molecule has 4 heteroatoms. The molecule has 0 aromatic heterocycles. The molecule has 0 unspecified atom stereocenters. The summed E-state index contributed by atoms with van der Waals surface area (Å²) in [7, 11) is 0. The predicted molar refractivity (Wildman–Crippen MR) is 134 cm³/mol. The molecule has 1 aromatic rings. The number of carbonyl (C=O) groups is 1. The first-order valence-corrected chi connectivity index (χ1v) is 11.8. The zero-order valence-electron chi connectivity index (χ0n) is 20.7. The highest BCUT2D eigenvalue weighted by molar-refractivity contribution is 5.84. The predicted octanol–water partition coefficient (Wildman–Crippen LogP) is 7.35. The average molecular weight is 440 g/mol. The molecule has 1 aromatic carbocycles. The minimum Gasteiger partial charge on any atom is -0.442 e. The van der Waals surface area contributed by atoms with Gasteiger partial charge in [-0.1, -0.05) is 55.4 Å². The van der Waals surface area contributed by atoms with Crippen molar-refractivity contribution in [3.05, 3.63) is 65.3 Å². The molecule has 0 fully saturated rings. The number of aryl methyl sites for hydroxylation is 1. The smallest absolute Gasteiger partial charge is 0.412 e. The van der Waals surface area contributed by atoms with Crippen LogP contribution in [0.1, 0.15) is 72.3 Å². The van der Waals surface area contributed by atoms with Gasteiger partial charge in [-0.15, -0.1) is 0 Å². The Kier molecular flexibility index (Phi) is 9.77. The van der Waals surface area contributed by atoms with E-state index in [2.05, 4.69) is 45.2 Å². The number of aliphatic hydroxyl groups is 1. The fourth-order valence-electron chi connectivity index (χ4n) is 4.04. The lowest BCUT2D eigenvalue weighted by molar-refractivity contribution is 0.0471. The van der Waals surface area contributed by atoms with Crippen LogP contribution in [-0.2, 0) is 4.74 Å². The van der Waals surface area contributed by atoms with Crippen molar-refractivity contribution in [2.75, 3.05) is 5.32 Å². The SMILES string of the molecule is C/C1=C\[C@H](OC(=O)Nc2cccc(C)c2)C[C@](C)(O)/C=C/[C@H](C(C)C)CC/C(C)=C/CC1. The first-order chi connectivity index (χ1) is 15.0. The molecule has 0 heterocycles. The lowest BCUT2D eigenvalue weighted by Gasteiger charge is -2.26. The number of anilines is 1. The van der Waals surface area contributed by atoms with Gasteiger partial charge in [0.25, 0.3) is 0 Å². The van der Waals surface area contributed by atoms with Crippen molar-refractivity contribution in [2.24, 2.45) is 11.8 Å². The van der Waals surface area contributed by atoms with Crippen molar-refractivity contribution in [1.29, 1.82) is 0 Å². The first-order valence-electron chi connectivity index (χ1n) is 11.8. The Morgan fingerprint density at radius 2 is 1.94 bits per heavy atom. The summed E-state index contributed by atoms with van der Waals surface area (Å²) >= 11 is 0. The number of carbonyl (C=O) groups excluding carboxylic acids is 1. The second-order valence-electron chi connectivity index (χ2n) is 9.91. The molecule has 2 N–H and O–H groups in total. The van der Waals surface area contributed by atoms with Gasteiger partial charge < -0.3 is 9.84 Å². The summed E-state index contributed by atoms with van der Waals surface area (Å²) in [5.41, 5.74) is 3.24. The Labute approximate surface area is 194 Å². The van der Waals surface area contributed by atoms with Crippen molar-refractivity contribution in [3.8, 4) is 0 Å². The number of nitrogens with one attached hydrogen (secondary N) is 1. The normalized spacial score (nSPS) is 29.8. The number of ether oxygens (including phenoxy) is 1. The van der Waals surface area contributed by atoms with Gasteiger partial charge in [-0.2, -0.15) is 0 Å². The second-order valence-corrected chi connectivity index (χ2v) is 9.91. The van der Waals surface area contributed by atoms with Crippen molar-refractivity contribution in [2.45, 2.75) is 85.4 Å². The summed E-state index contributed by atoms with van der Waals surface area (Å²) in [6.07, 6.45) is 11.6. The molecule has 0 bridgehead atoms. The minimum absolute atomic E-state index is 0.307. The van der Waals surface area contributed by atoms with Gasteiger partial charge in [-0.3, -0.25) is 5.32 Å². The van der Waals surface area contributed by atoms with Crippen LogP contribution in [0.15, 0.2) is 59.7 Å². The van der Waals surface area contributed by atoms with Crippen LogP contribution in [0.2, 0.25) is 0 Å². The molecule has 4 nitrogen and oxygen atoms in total. The van der Waals surface area contributed by atoms with Crippen LogP contribution in [0.25, 0.3) is 0 Å². The molecule has 176 valence electrons. The van der Waals surface area contributed by atoms with E-state index in [1.54, 1.807) is 6.92 Å². The maximum absolute atomic E-state index is 12.6. The molecule has 1 aliphatic carbocycles. The number of rotatable bonds is 3. The lowest BCUT2D eigenvalue weighted by atomic mass is 9.86. The molecule has 2 rings (SSSR count). The Morgan fingerprint density at radius 3 is 2.62 bits per heavy atom. The monoisotopic (exact) mass is 439 g/mol. The third-order valence-electron chi connectivity index (χ3n) is 6.07. The molecular weight excluding hydrogens is 398 g/mol. The second kappa shape index (κ2) is 12.1. The number of hydrogen-bond acceptors (Lipinski definition) is 3. The summed E-state index contributed by atoms with van der Waals surface area (Å²) in [6.45, 7) is 12.5. The van der Waals surface area contributed by atoms with E-state index in [1.807, 2.05) is 43.3 Å². The van der Waals surface area contributed by atoms with Gasteiger partial charge in [-0.05, 0) is 89.0 Å². The van der Waals surface area contributed by atoms with E-state index < -0.39 is 17.8 Å². The quantitative estimate of drug-likeness (QED) is 0.484. The maximum atomic E-state index is 12.6. The van der Waals surface area contributed by atoms with Crippen molar-refractivity contribution in [3.63, 3.8) is 0 Å². The molecule has 3 atom stereocenters. The van der Waals surface area contributed by atoms with Gasteiger partial charge in [0.1, 0.15) is 6.10 Å². The molecule has 0 radical (unpaired) electrons. The van der Waals surface area contributed by atoms with Gasteiger partial charge in [0.15, 0.2) is 0 Å². The van der Waals surface area contributed by atoms with Crippen molar-refractivity contribution >= 4 is 11.8 Å². The standard InChI is InChI=1S/C28H41NO3/c1-20(2)24-14-13-21(3)9-7-10-23(5)18-26(19-28(6,31)16-15-24)32-27(30)29-25-12-8-11-22(4)17-25/h8-9,11-12,15-18,20,24,26,31H,7,10,13-14,19H2,1-6H3,(H,29,30)/b16-15+,21-9+,23-18+/t24-,26+,28-/m1/s1. The Balaban J connectivity index is 2.22. The molecular formula is C28H41NO3. The third kappa shape index (κ3) is 9.44. The molecule has 0 aliphatic heterocycles. The largest absolute Gasteiger partial charge is 0.442 e. The van der Waals surface area contributed by atoms with E-state index in [0.717, 1.165) is 36.8 Å². The zero-order chi connectivity index (χ0) is 23.7. The van der Waals surface area contributed by atoms with Crippen LogP contribution < -0.4 is 5.32 Å². The van der Waals surface area contributed by atoms with Crippen molar-refractivity contribution < 1.29 is 14.6 Å². The molecule has 0 spiro atoms. The number of benzene rings is 1. The Bertz CT molecular complexity index is 848. The fraction of sp³-hybridized carbons (Fsp3) is 0.536. The van der Waals surface area contributed by atoms with Crippen LogP contribution in [0.3, 0.4) is 0 Å². The molecule has 0 saturated heterocycles. The number of hydrogen-bond donors (Lipinski definition) is 2. The van der Waals surface area contributed by atoms with Gasteiger partial charge >= 0.3 is 6.09 Å². The average Bonchev–Trinajstić information content (AvgIpc) is 2.66. The fourth-order valence-corrected chi connectivity index (χ4v) is 4.04. The van der Waals surface area contributed by atoms with E-state index in [-0.39, 0.29) is 0 Å². The number of allylic oxidation sites excluding steroid dienone is 4. The molecule has 1 amide bonds. The topological polar surface area (TPSA) is 58.6 Å². The van der Waals surface area contributed by atoms with Crippen LogP contribution in [0.5, 0.6) is 0 Å². The van der Waals surface area contributed by atoms with Crippen LogP contribution in [0.4, 0.5) is 10.5 Å². The van der Waals surface area contributed by atoms with Gasteiger partial charge in [-0.25, -0.2) is 4.79 Å². The van der Waals surface area contributed by atoms with Crippen molar-refractivity contribution in [1.82, 2.24) is 0 Å². The van der Waals surface area contributed by atoms with Gasteiger partial charge in [0, 0.05) is 12.1 Å². The highest BCUT2D eigenvalue weighted by Crippen LogP contribution is 2.26. The van der Waals surface area contributed by atoms with Gasteiger partial charge in [0.05, 0.1) is 5.60 Å². The summed E-state index contributed by atoms with van der Waals surface area (Å²) in [5.74, 6) is 0.895. The maximum Gasteiger partial charge on any atom is 0.412 e. The van der Waals surface area contributed by atoms with E-state index in [0.29, 0.717) is 23.9 Å². The highest BCUT2D eigenvalue weighted by atomic mass is 16.6. The van der Waals surface area contributed by atoms with Crippen LogP contribution in [-0.4, -0.2) is 22.9 Å². The van der Waals surface area contributed by atoms with E-state index >= 15 is 0 Å². The summed E-state index contributed by atoms with van der Waals surface area (Å²) < 4.78 is 5.76. The Morgan fingerprint density at radius 1 is 1.19 bits per heavy atom. The molecule has 32 heavy (non-hydrogen) atoms. The Hall–Kier alpha value is -2.33.